The lowest BCUT2D eigenvalue weighted by molar-refractivity contribution is -0.158. The van der Waals surface area contributed by atoms with Gasteiger partial charge in [0, 0.05) is 18.7 Å². The van der Waals surface area contributed by atoms with Crippen molar-refractivity contribution in [1.82, 2.24) is 10.2 Å². The van der Waals surface area contributed by atoms with Crippen LogP contribution in [0, 0.1) is 11.3 Å². The molecule has 0 aromatic heterocycles. The molecule has 2 amide bonds. The van der Waals surface area contributed by atoms with Crippen LogP contribution in [0.1, 0.15) is 43.7 Å². The van der Waals surface area contributed by atoms with E-state index in [1.165, 1.54) is 0 Å². The second-order valence-electron chi connectivity index (χ2n) is 8.96. The van der Waals surface area contributed by atoms with Gasteiger partial charge >= 0.3 is 5.97 Å². The number of nitrogens with one attached hydrogen (secondary N) is 1. The van der Waals surface area contributed by atoms with Crippen molar-refractivity contribution in [3.05, 3.63) is 77.5 Å². The summed E-state index contributed by atoms with van der Waals surface area (Å²) in [4.78, 5) is 41.9. The van der Waals surface area contributed by atoms with Gasteiger partial charge in [-0.3, -0.25) is 14.4 Å². The van der Waals surface area contributed by atoms with Gasteiger partial charge in [0.1, 0.15) is 11.2 Å². The van der Waals surface area contributed by atoms with E-state index in [0.717, 1.165) is 29.7 Å². The van der Waals surface area contributed by atoms with E-state index in [1.54, 1.807) is 18.9 Å². The number of allylic oxidation sites excluding steroid dienone is 1. The number of carbonyl (C=O) groups excluding carboxylic acids is 3. The summed E-state index contributed by atoms with van der Waals surface area (Å²) >= 11 is 0. The van der Waals surface area contributed by atoms with Crippen molar-refractivity contribution in [2.75, 3.05) is 13.7 Å². The summed E-state index contributed by atoms with van der Waals surface area (Å²) in [6.45, 7) is 2.66. The quantitative estimate of drug-likeness (QED) is 0.554. The molecule has 184 valence electrons. The number of rotatable bonds is 9. The molecule has 0 bridgehead atoms. The van der Waals surface area contributed by atoms with Gasteiger partial charge in [0.15, 0.2) is 0 Å². The molecule has 0 radical (unpaired) electrons. The van der Waals surface area contributed by atoms with Crippen molar-refractivity contribution in [2.24, 2.45) is 11.3 Å². The number of hydrogen-bond acceptors (Lipinski definition) is 5. The fourth-order valence-electron chi connectivity index (χ4n) is 5.15. The van der Waals surface area contributed by atoms with E-state index >= 15 is 0 Å². The zero-order valence-corrected chi connectivity index (χ0v) is 20.3. The zero-order chi connectivity index (χ0) is 24.8. The fourth-order valence-corrected chi connectivity index (χ4v) is 5.15. The molecule has 0 unspecified atom stereocenters. The first-order chi connectivity index (χ1) is 17.0. The molecule has 2 atom stereocenters. The number of fused-ring (bicyclic) bond motifs is 1. The van der Waals surface area contributed by atoms with Crippen molar-refractivity contribution in [3.8, 4) is 5.75 Å². The standard InChI is InChI=1S/C28H32N2O5/c1-3-35-27(33)28-16-8-7-11-24(28)30(19-21-12-14-22(34-2)15-13-21)26(32)23(28)17-25(31)29-18-20-9-5-4-6-10-20/h4-6,9-15,23H,3,7-8,16-19H2,1-2H3,(H,29,31)/t23-,28-/m0/s1. The van der Waals surface area contributed by atoms with E-state index in [1.807, 2.05) is 60.7 Å². The van der Waals surface area contributed by atoms with Crippen LogP contribution < -0.4 is 10.1 Å². The Hall–Kier alpha value is -3.61. The molecular formula is C28H32N2O5. The Morgan fingerprint density at radius 3 is 2.51 bits per heavy atom. The van der Waals surface area contributed by atoms with E-state index in [0.29, 0.717) is 25.2 Å². The molecule has 1 heterocycles. The lowest BCUT2D eigenvalue weighted by Gasteiger charge is -2.35. The Morgan fingerprint density at radius 1 is 1.09 bits per heavy atom. The number of amides is 2. The van der Waals surface area contributed by atoms with Gasteiger partial charge in [0.25, 0.3) is 0 Å². The van der Waals surface area contributed by atoms with Crippen LogP contribution in [-0.2, 0) is 32.2 Å². The first-order valence-electron chi connectivity index (χ1n) is 12.1. The lowest BCUT2D eigenvalue weighted by atomic mass is 9.68. The molecule has 35 heavy (non-hydrogen) atoms. The highest BCUT2D eigenvalue weighted by Crippen LogP contribution is 2.54. The molecule has 0 spiro atoms. The van der Waals surface area contributed by atoms with Gasteiger partial charge in [-0.1, -0.05) is 48.5 Å². The summed E-state index contributed by atoms with van der Waals surface area (Å²) in [7, 11) is 1.60. The smallest absolute Gasteiger partial charge is 0.318 e. The number of esters is 1. The Balaban J connectivity index is 1.61. The van der Waals surface area contributed by atoms with Crippen LogP contribution in [0.15, 0.2) is 66.4 Å². The molecule has 2 aromatic carbocycles. The Bertz CT molecular complexity index is 1100. The largest absolute Gasteiger partial charge is 0.497 e. The molecule has 0 saturated carbocycles. The van der Waals surface area contributed by atoms with Crippen molar-refractivity contribution in [3.63, 3.8) is 0 Å². The van der Waals surface area contributed by atoms with Crippen LogP contribution in [0.25, 0.3) is 0 Å². The minimum Gasteiger partial charge on any atom is -0.497 e. The number of nitrogens with zero attached hydrogens (tertiary/aromatic N) is 1. The average molecular weight is 477 g/mol. The van der Waals surface area contributed by atoms with E-state index in [4.69, 9.17) is 9.47 Å². The van der Waals surface area contributed by atoms with Gasteiger partial charge in [-0.05, 0) is 49.4 Å². The van der Waals surface area contributed by atoms with E-state index in [9.17, 15) is 14.4 Å². The highest BCUT2D eigenvalue weighted by Gasteiger charge is 2.62. The van der Waals surface area contributed by atoms with Crippen molar-refractivity contribution in [2.45, 2.75) is 45.7 Å². The topological polar surface area (TPSA) is 84.9 Å². The Labute approximate surface area is 206 Å². The number of benzene rings is 2. The van der Waals surface area contributed by atoms with Crippen molar-refractivity contribution in [1.29, 1.82) is 0 Å². The third-order valence-corrected chi connectivity index (χ3v) is 6.88. The zero-order valence-electron chi connectivity index (χ0n) is 20.3. The highest BCUT2D eigenvalue weighted by molar-refractivity contribution is 5.99. The van der Waals surface area contributed by atoms with Gasteiger partial charge in [0.2, 0.25) is 11.8 Å². The molecule has 1 aliphatic carbocycles. The molecule has 7 heteroatoms. The number of hydrogen-bond donors (Lipinski definition) is 1. The molecule has 7 nitrogen and oxygen atoms in total. The van der Waals surface area contributed by atoms with Crippen LogP contribution in [-0.4, -0.2) is 36.4 Å². The maximum absolute atomic E-state index is 13.8. The molecule has 1 aliphatic heterocycles. The highest BCUT2D eigenvalue weighted by atomic mass is 16.5. The van der Waals surface area contributed by atoms with E-state index in [2.05, 4.69) is 5.32 Å². The summed E-state index contributed by atoms with van der Waals surface area (Å²) in [6.07, 6.45) is 3.92. The summed E-state index contributed by atoms with van der Waals surface area (Å²) in [6, 6.07) is 17.1. The molecule has 4 rings (SSSR count). The van der Waals surface area contributed by atoms with Gasteiger partial charge in [-0.25, -0.2) is 0 Å². The maximum Gasteiger partial charge on any atom is 0.318 e. The molecule has 1 N–H and O–H groups in total. The van der Waals surface area contributed by atoms with E-state index in [-0.39, 0.29) is 24.8 Å². The summed E-state index contributed by atoms with van der Waals surface area (Å²) in [5.41, 5.74) is 1.42. The summed E-state index contributed by atoms with van der Waals surface area (Å²) in [5.74, 6) is -0.962. The van der Waals surface area contributed by atoms with Crippen molar-refractivity contribution < 1.29 is 23.9 Å². The number of methoxy groups -OCH3 is 1. The second kappa shape index (κ2) is 10.8. The summed E-state index contributed by atoms with van der Waals surface area (Å²) < 4.78 is 10.7. The van der Waals surface area contributed by atoms with Gasteiger partial charge in [0.05, 0.1) is 26.2 Å². The van der Waals surface area contributed by atoms with Gasteiger partial charge < -0.3 is 19.7 Å². The predicted molar refractivity (Wildman–Crippen MR) is 131 cm³/mol. The van der Waals surface area contributed by atoms with Crippen LogP contribution in [0.5, 0.6) is 5.75 Å². The molecule has 1 fully saturated rings. The molecular weight excluding hydrogens is 444 g/mol. The Kier molecular flexibility index (Phi) is 7.54. The SMILES string of the molecule is CCOC(=O)[C@]12CCCC=C1N(Cc1ccc(OC)cc1)C(=O)[C@@H]2CC(=O)NCc1ccccc1. The molecule has 2 aliphatic rings. The minimum absolute atomic E-state index is 0.0685. The third-order valence-electron chi connectivity index (χ3n) is 6.88. The predicted octanol–water partition coefficient (Wildman–Crippen LogP) is 3.98. The first kappa shape index (κ1) is 24.5. The fraction of sp³-hybridized carbons (Fsp3) is 0.393. The van der Waals surface area contributed by atoms with Gasteiger partial charge in [-0.2, -0.15) is 0 Å². The molecule has 2 aromatic rings. The van der Waals surface area contributed by atoms with Crippen LogP contribution >= 0.6 is 0 Å². The van der Waals surface area contributed by atoms with Crippen LogP contribution in [0.2, 0.25) is 0 Å². The first-order valence-corrected chi connectivity index (χ1v) is 12.1. The monoisotopic (exact) mass is 476 g/mol. The van der Waals surface area contributed by atoms with Gasteiger partial charge in [-0.15, -0.1) is 0 Å². The number of ether oxygens (including phenoxy) is 2. The summed E-state index contributed by atoms with van der Waals surface area (Å²) in [5, 5.41) is 2.91. The maximum atomic E-state index is 13.8. The lowest BCUT2D eigenvalue weighted by Crippen LogP contribution is -2.43. The van der Waals surface area contributed by atoms with Crippen molar-refractivity contribution >= 4 is 17.8 Å². The normalized spacial score (nSPS) is 21.2. The second-order valence-corrected chi connectivity index (χ2v) is 8.96. The van der Waals surface area contributed by atoms with Crippen LogP contribution in [0.4, 0.5) is 0 Å². The number of likely N-dealkylation sites (tertiary alicyclic amines) is 1. The Morgan fingerprint density at radius 2 is 1.83 bits per heavy atom. The third kappa shape index (κ3) is 4.94. The minimum atomic E-state index is -1.14. The average Bonchev–Trinajstić information content (AvgIpc) is 3.12. The number of carbonyl (C=O) groups is 3. The van der Waals surface area contributed by atoms with Crippen LogP contribution in [0.3, 0.4) is 0 Å². The van der Waals surface area contributed by atoms with E-state index < -0.39 is 17.3 Å². The molecule has 1 saturated heterocycles.